The molecule has 2 amide bonds. The van der Waals surface area contributed by atoms with Crippen LogP contribution in [0.2, 0.25) is 0 Å². The van der Waals surface area contributed by atoms with Gasteiger partial charge in [-0.15, -0.1) is 0 Å². The standard InChI is InChI=1S/C17H18N4O5S/c1-2-18-17(24)19-13-5-3-4-11(8-13)12-6-7-15(22)14(9-12)21-10-16(23)20-27(21,25)26/h3-10,20,22-23H,2H2,1H3,(H2,18,19,24). The van der Waals surface area contributed by atoms with Crippen molar-refractivity contribution in [3.8, 4) is 16.9 Å². The first-order chi connectivity index (χ1) is 12.8. The molecule has 0 spiro atoms. The number of urea groups is 1. The molecule has 27 heavy (non-hydrogen) atoms. The minimum atomic E-state index is -4.03. The number of carbonyl (C=O) groups is 1. The van der Waals surface area contributed by atoms with Gasteiger partial charge in [-0.25, -0.2) is 13.8 Å². The molecule has 0 aromatic heterocycles. The van der Waals surface area contributed by atoms with Gasteiger partial charge in [-0.2, -0.15) is 8.42 Å². The van der Waals surface area contributed by atoms with Crippen LogP contribution in [0.4, 0.5) is 16.2 Å². The molecule has 0 saturated heterocycles. The summed E-state index contributed by atoms with van der Waals surface area (Å²) in [5, 5.41) is 24.8. The summed E-state index contributed by atoms with van der Waals surface area (Å²) in [6.07, 6.45) is 0.960. The smallest absolute Gasteiger partial charge is 0.330 e. The first kappa shape index (κ1) is 18.4. The minimum Gasteiger partial charge on any atom is -0.506 e. The van der Waals surface area contributed by atoms with Gasteiger partial charge >= 0.3 is 16.2 Å². The van der Waals surface area contributed by atoms with E-state index < -0.39 is 16.1 Å². The number of carbonyl (C=O) groups excluding carboxylic acids is 1. The Morgan fingerprint density at radius 2 is 1.89 bits per heavy atom. The topological polar surface area (TPSA) is 131 Å². The number of nitrogens with zero attached hydrogens (tertiary/aromatic N) is 1. The first-order valence-corrected chi connectivity index (χ1v) is 9.45. The van der Waals surface area contributed by atoms with Crippen LogP contribution < -0.4 is 19.7 Å². The van der Waals surface area contributed by atoms with Gasteiger partial charge in [-0.3, -0.25) is 0 Å². The first-order valence-electron chi connectivity index (χ1n) is 8.01. The highest BCUT2D eigenvalue weighted by atomic mass is 32.2. The maximum Gasteiger partial charge on any atom is 0.330 e. The zero-order valence-corrected chi connectivity index (χ0v) is 15.1. The zero-order chi connectivity index (χ0) is 19.6. The number of hydrogen-bond acceptors (Lipinski definition) is 5. The summed E-state index contributed by atoms with van der Waals surface area (Å²) < 4.78 is 26.8. The van der Waals surface area contributed by atoms with E-state index in [1.54, 1.807) is 30.3 Å². The highest BCUT2D eigenvalue weighted by Gasteiger charge is 2.30. The molecule has 0 atom stereocenters. The van der Waals surface area contributed by atoms with Crippen molar-refractivity contribution in [1.82, 2.24) is 10.0 Å². The molecule has 1 aliphatic rings. The van der Waals surface area contributed by atoms with Crippen molar-refractivity contribution in [1.29, 1.82) is 0 Å². The highest BCUT2D eigenvalue weighted by molar-refractivity contribution is 7.91. The van der Waals surface area contributed by atoms with Crippen LogP contribution in [-0.2, 0) is 10.2 Å². The predicted molar refractivity (Wildman–Crippen MR) is 101 cm³/mol. The number of phenolic OH excluding ortho intramolecular Hbond substituents is 1. The Balaban J connectivity index is 1.96. The van der Waals surface area contributed by atoms with E-state index in [4.69, 9.17) is 0 Å². The van der Waals surface area contributed by atoms with E-state index in [1.807, 2.05) is 11.6 Å². The number of aliphatic hydroxyl groups excluding tert-OH is 1. The maximum atomic E-state index is 12.0. The fraction of sp³-hybridized carbons (Fsp3) is 0.118. The van der Waals surface area contributed by atoms with E-state index in [-0.39, 0.29) is 17.5 Å². The van der Waals surface area contributed by atoms with Gasteiger partial charge in [-0.1, -0.05) is 18.2 Å². The summed E-state index contributed by atoms with van der Waals surface area (Å²) in [7, 11) is -4.03. The normalized spacial score (nSPS) is 15.0. The summed E-state index contributed by atoms with van der Waals surface area (Å²) in [6.45, 7) is 2.30. The fourth-order valence-electron chi connectivity index (χ4n) is 2.58. The lowest BCUT2D eigenvalue weighted by molar-refractivity contribution is 0.252. The molecule has 10 heteroatoms. The molecule has 9 nitrogen and oxygen atoms in total. The number of benzene rings is 2. The van der Waals surface area contributed by atoms with Gasteiger partial charge in [0.15, 0.2) is 0 Å². The van der Waals surface area contributed by atoms with Crippen LogP contribution in [0.25, 0.3) is 11.1 Å². The second kappa shape index (κ2) is 7.08. The third-order valence-corrected chi connectivity index (χ3v) is 5.02. The van der Waals surface area contributed by atoms with Crippen molar-refractivity contribution in [3.63, 3.8) is 0 Å². The quantitative estimate of drug-likeness (QED) is 0.546. The van der Waals surface area contributed by atoms with Crippen molar-refractivity contribution in [2.24, 2.45) is 0 Å². The van der Waals surface area contributed by atoms with Gasteiger partial charge in [0.2, 0.25) is 5.88 Å². The van der Waals surface area contributed by atoms with E-state index in [1.165, 1.54) is 12.1 Å². The van der Waals surface area contributed by atoms with Crippen molar-refractivity contribution in [2.75, 3.05) is 16.2 Å². The second-order valence-electron chi connectivity index (χ2n) is 5.69. The van der Waals surface area contributed by atoms with Crippen LogP contribution in [0.5, 0.6) is 5.75 Å². The molecule has 1 aliphatic heterocycles. The Morgan fingerprint density at radius 3 is 2.56 bits per heavy atom. The monoisotopic (exact) mass is 390 g/mol. The average molecular weight is 390 g/mol. The lowest BCUT2D eigenvalue weighted by atomic mass is 10.0. The summed E-state index contributed by atoms with van der Waals surface area (Å²) in [4.78, 5) is 11.7. The minimum absolute atomic E-state index is 0.0221. The van der Waals surface area contributed by atoms with Crippen LogP contribution in [0.3, 0.4) is 0 Å². The van der Waals surface area contributed by atoms with Gasteiger partial charge < -0.3 is 20.8 Å². The SMILES string of the molecule is CCNC(=O)Nc1cccc(-c2ccc(O)c(N3C=C(O)NS3(=O)=O)c2)c1. The van der Waals surface area contributed by atoms with Gasteiger partial charge in [0.1, 0.15) is 11.4 Å². The zero-order valence-electron chi connectivity index (χ0n) is 14.3. The van der Waals surface area contributed by atoms with Crippen molar-refractivity contribution in [3.05, 3.63) is 54.5 Å². The molecule has 0 fully saturated rings. The summed E-state index contributed by atoms with van der Waals surface area (Å²) in [5.41, 5.74) is 1.84. The Morgan fingerprint density at radius 1 is 1.15 bits per heavy atom. The Bertz CT molecular complexity index is 1020. The third kappa shape index (κ3) is 3.90. The number of hydrogen-bond donors (Lipinski definition) is 5. The number of nitrogens with one attached hydrogen (secondary N) is 3. The van der Waals surface area contributed by atoms with Gasteiger partial charge in [0.05, 0.1) is 6.20 Å². The molecule has 0 aliphatic carbocycles. The van der Waals surface area contributed by atoms with Gasteiger partial charge in [-0.05, 0) is 42.3 Å². The molecule has 0 bridgehead atoms. The van der Waals surface area contributed by atoms with Gasteiger partial charge in [0, 0.05) is 12.2 Å². The van der Waals surface area contributed by atoms with Crippen molar-refractivity contribution in [2.45, 2.75) is 6.92 Å². The van der Waals surface area contributed by atoms with E-state index >= 15 is 0 Å². The van der Waals surface area contributed by atoms with Crippen molar-refractivity contribution < 1.29 is 23.4 Å². The Hall–Kier alpha value is -3.40. The molecule has 0 radical (unpaired) electrons. The van der Waals surface area contributed by atoms with E-state index in [0.717, 1.165) is 10.5 Å². The molecule has 142 valence electrons. The molecule has 1 heterocycles. The molecular formula is C17H18N4O5S. The third-order valence-electron chi connectivity index (χ3n) is 3.74. The number of aromatic hydroxyl groups is 1. The van der Waals surface area contributed by atoms with Crippen LogP contribution in [0.15, 0.2) is 54.5 Å². The predicted octanol–water partition coefficient (Wildman–Crippen LogP) is 2.21. The maximum absolute atomic E-state index is 12.0. The van der Waals surface area contributed by atoms with Crippen LogP contribution in [0.1, 0.15) is 6.92 Å². The number of aliphatic hydroxyl groups is 1. The number of amides is 2. The fourth-order valence-corrected chi connectivity index (χ4v) is 3.64. The molecule has 5 N–H and O–H groups in total. The summed E-state index contributed by atoms with van der Waals surface area (Å²) in [5.74, 6) is -0.820. The molecule has 0 unspecified atom stereocenters. The largest absolute Gasteiger partial charge is 0.506 e. The van der Waals surface area contributed by atoms with E-state index in [0.29, 0.717) is 23.4 Å². The molecule has 3 rings (SSSR count). The Kier molecular flexibility index (Phi) is 4.82. The molecule has 2 aromatic carbocycles. The molecule has 2 aromatic rings. The van der Waals surface area contributed by atoms with Crippen LogP contribution in [-0.4, -0.2) is 31.2 Å². The average Bonchev–Trinajstić information content (AvgIpc) is 2.88. The van der Waals surface area contributed by atoms with Crippen LogP contribution >= 0.6 is 0 Å². The number of phenols is 1. The Labute approximate surface area is 156 Å². The van der Waals surface area contributed by atoms with Crippen molar-refractivity contribution >= 4 is 27.6 Å². The summed E-state index contributed by atoms with van der Waals surface area (Å²) >= 11 is 0. The number of rotatable bonds is 4. The highest BCUT2D eigenvalue weighted by Crippen LogP contribution is 2.36. The van der Waals surface area contributed by atoms with E-state index in [2.05, 4.69) is 10.6 Å². The van der Waals surface area contributed by atoms with Gasteiger partial charge in [0.25, 0.3) is 0 Å². The number of anilines is 2. The lowest BCUT2D eigenvalue weighted by Gasteiger charge is -2.17. The lowest BCUT2D eigenvalue weighted by Crippen LogP contribution is -2.29. The molecule has 0 saturated carbocycles. The second-order valence-corrected chi connectivity index (χ2v) is 7.23. The molecular weight excluding hydrogens is 372 g/mol. The summed E-state index contributed by atoms with van der Waals surface area (Å²) in [6, 6.07) is 11.1. The van der Waals surface area contributed by atoms with E-state index in [9.17, 15) is 23.4 Å². The van der Waals surface area contributed by atoms with Crippen LogP contribution in [0, 0.1) is 0 Å².